The fraction of sp³-hybridized carbons (Fsp3) is 0.462. The first-order valence-electron chi connectivity index (χ1n) is 6.01. The lowest BCUT2D eigenvalue weighted by Crippen LogP contribution is -2.33. The van der Waals surface area contributed by atoms with Crippen LogP contribution in [0, 0.1) is 0 Å². The van der Waals surface area contributed by atoms with Crippen molar-refractivity contribution in [1.29, 1.82) is 0 Å². The summed E-state index contributed by atoms with van der Waals surface area (Å²) in [5.41, 5.74) is 2.92. The molecule has 1 atom stereocenters. The van der Waals surface area contributed by atoms with E-state index in [9.17, 15) is 4.79 Å². The molecule has 5 heteroatoms. The molecular formula is C13H17NO4. The van der Waals surface area contributed by atoms with Crippen LogP contribution in [0.25, 0.3) is 0 Å². The summed E-state index contributed by atoms with van der Waals surface area (Å²) in [7, 11) is 1.58. The van der Waals surface area contributed by atoms with Gasteiger partial charge in [0.05, 0.1) is 7.11 Å². The first-order valence-corrected chi connectivity index (χ1v) is 6.01. The fourth-order valence-electron chi connectivity index (χ4n) is 1.72. The van der Waals surface area contributed by atoms with Crippen LogP contribution < -0.4 is 10.2 Å². The quantitative estimate of drug-likeness (QED) is 0.830. The molecule has 0 aromatic heterocycles. The molecule has 1 aromatic rings. The van der Waals surface area contributed by atoms with Crippen molar-refractivity contribution >= 4 is 5.91 Å². The highest BCUT2D eigenvalue weighted by atomic mass is 16.8. The average molecular weight is 251 g/mol. The topological polar surface area (TPSA) is 56.8 Å². The Morgan fingerprint density at radius 1 is 1.33 bits per heavy atom. The second-order valence-corrected chi connectivity index (χ2v) is 4.07. The Hall–Kier alpha value is -1.59. The highest BCUT2D eigenvalue weighted by molar-refractivity contribution is 5.93. The van der Waals surface area contributed by atoms with Crippen molar-refractivity contribution in [3.63, 3.8) is 0 Å². The fourth-order valence-corrected chi connectivity index (χ4v) is 1.72. The molecule has 1 aromatic carbocycles. The van der Waals surface area contributed by atoms with Gasteiger partial charge in [0.2, 0.25) is 0 Å². The number of nitrogens with one attached hydrogen (secondary N) is 1. The van der Waals surface area contributed by atoms with Gasteiger partial charge in [-0.2, -0.15) is 0 Å². The summed E-state index contributed by atoms with van der Waals surface area (Å²) in [6.45, 7) is 0.684. The van der Waals surface area contributed by atoms with E-state index in [2.05, 4.69) is 5.48 Å². The Morgan fingerprint density at radius 2 is 2.11 bits per heavy atom. The largest absolute Gasteiger partial charge is 0.497 e. The second-order valence-electron chi connectivity index (χ2n) is 4.07. The molecule has 0 unspecified atom stereocenters. The average Bonchev–Trinajstić information content (AvgIpc) is 2.46. The Labute approximate surface area is 106 Å². The van der Waals surface area contributed by atoms with E-state index in [1.807, 2.05) is 0 Å². The molecule has 18 heavy (non-hydrogen) atoms. The molecule has 0 radical (unpaired) electrons. The normalized spacial score (nSPS) is 19.3. The second kappa shape index (κ2) is 6.37. The van der Waals surface area contributed by atoms with Crippen LogP contribution in [0.1, 0.15) is 29.6 Å². The number of carbonyl (C=O) groups excluding carboxylic acids is 1. The van der Waals surface area contributed by atoms with Crippen molar-refractivity contribution in [2.75, 3.05) is 13.7 Å². The maximum Gasteiger partial charge on any atom is 0.274 e. The molecule has 0 spiro atoms. The van der Waals surface area contributed by atoms with Gasteiger partial charge < -0.3 is 9.47 Å². The predicted octanol–water partition coefficient (Wildman–Crippen LogP) is 1.88. The lowest BCUT2D eigenvalue weighted by Gasteiger charge is -2.22. The molecule has 0 saturated carbocycles. The lowest BCUT2D eigenvalue weighted by molar-refractivity contribution is -0.186. The SMILES string of the molecule is COc1ccc(C(=O)NO[C@H]2CCCCO2)cc1. The van der Waals surface area contributed by atoms with Crippen LogP contribution in [0.15, 0.2) is 24.3 Å². The molecule has 1 N–H and O–H groups in total. The molecule has 0 bridgehead atoms. The summed E-state index contributed by atoms with van der Waals surface area (Å²) in [5.74, 6) is 0.426. The number of ether oxygens (including phenoxy) is 2. The van der Waals surface area contributed by atoms with Crippen LogP contribution >= 0.6 is 0 Å². The first kappa shape index (κ1) is 12.9. The van der Waals surface area contributed by atoms with Gasteiger partial charge in [-0.25, -0.2) is 10.3 Å². The molecule has 0 aliphatic carbocycles. The van der Waals surface area contributed by atoms with E-state index < -0.39 is 0 Å². The van der Waals surface area contributed by atoms with Crippen molar-refractivity contribution in [3.8, 4) is 5.75 Å². The van der Waals surface area contributed by atoms with Gasteiger partial charge in [-0.1, -0.05) is 0 Å². The minimum absolute atomic E-state index is 0.285. The number of hydrogen-bond acceptors (Lipinski definition) is 4. The van der Waals surface area contributed by atoms with Gasteiger partial charge >= 0.3 is 0 Å². The number of hydrogen-bond donors (Lipinski definition) is 1. The molecule has 1 heterocycles. The summed E-state index contributed by atoms with van der Waals surface area (Å²) in [6.07, 6.45) is 2.58. The van der Waals surface area contributed by atoms with Crippen molar-refractivity contribution in [3.05, 3.63) is 29.8 Å². The van der Waals surface area contributed by atoms with E-state index in [1.165, 1.54) is 0 Å². The van der Waals surface area contributed by atoms with Crippen LogP contribution in [-0.2, 0) is 9.57 Å². The summed E-state index contributed by atoms with van der Waals surface area (Å²) < 4.78 is 10.4. The van der Waals surface area contributed by atoms with Gasteiger partial charge in [-0.15, -0.1) is 0 Å². The Morgan fingerprint density at radius 3 is 2.72 bits per heavy atom. The Balaban J connectivity index is 1.82. The number of benzene rings is 1. The monoisotopic (exact) mass is 251 g/mol. The van der Waals surface area contributed by atoms with Crippen LogP contribution in [0.5, 0.6) is 5.75 Å². The zero-order valence-electron chi connectivity index (χ0n) is 10.3. The summed E-state index contributed by atoms with van der Waals surface area (Å²) in [5, 5.41) is 0. The number of carbonyl (C=O) groups is 1. The zero-order valence-corrected chi connectivity index (χ0v) is 10.3. The van der Waals surface area contributed by atoms with Crippen LogP contribution in [0.2, 0.25) is 0 Å². The van der Waals surface area contributed by atoms with E-state index >= 15 is 0 Å². The minimum Gasteiger partial charge on any atom is -0.497 e. The Kier molecular flexibility index (Phi) is 4.55. The molecule has 1 fully saturated rings. The van der Waals surface area contributed by atoms with E-state index in [-0.39, 0.29) is 12.2 Å². The maximum atomic E-state index is 11.8. The van der Waals surface area contributed by atoms with Gasteiger partial charge in [0.15, 0.2) is 6.29 Å². The van der Waals surface area contributed by atoms with Gasteiger partial charge in [0.25, 0.3) is 5.91 Å². The van der Waals surface area contributed by atoms with E-state index in [4.69, 9.17) is 14.3 Å². The molecule has 1 aliphatic heterocycles. The Bertz CT molecular complexity index is 384. The summed E-state index contributed by atoms with van der Waals surface area (Å²) >= 11 is 0. The molecule has 1 aliphatic rings. The summed E-state index contributed by atoms with van der Waals surface area (Å²) in [6, 6.07) is 6.82. The minimum atomic E-state index is -0.332. The third-order valence-corrected chi connectivity index (χ3v) is 2.77. The van der Waals surface area contributed by atoms with Crippen LogP contribution in [-0.4, -0.2) is 25.9 Å². The highest BCUT2D eigenvalue weighted by Gasteiger charge is 2.16. The number of amides is 1. The third-order valence-electron chi connectivity index (χ3n) is 2.77. The van der Waals surface area contributed by atoms with Crippen molar-refractivity contribution in [1.82, 2.24) is 5.48 Å². The van der Waals surface area contributed by atoms with Gasteiger partial charge in [0, 0.05) is 18.6 Å². The van der Waals surface area contributed by atoms with E-state index in [1.54, 1.807) is 31.4 Å². The molecule has 98 valence electrons. The van der Waals surface area contributed by atoms with Crippen LogP contribution in [0.3, 0.4) is 0 Å². The first-order chi connectivity index (χ1) is 8.79. The molecule has 2 rings (SSSR count). The van der Waals surface area contributed by atoms with Gasteiger partial charge in [-0.05, 0) is 37.1 Å². The smallest absolute Gasteiger partial charge is 0.274 e. The maximum absolute atomic E-state index is 11.8. The van der Waals surface area contributed by atoms with Crippen molar-refractivity contribution in [2.24, 2.45) is 0 Å². The van der Waals surface area contributed by atoms with Crippen molar-refractivity contribution in [2.45, 2.75) is 25.6 Å². The van der Waals surface area contributed by atoms with Crippen LogP contribution in [0.4, 0.5) is 0 Å². The number of methoxy groups -OCH3 is 1. The number of hydroxylamine groups is 1. The number of rotatable bonds is 4. The van der Waals surface area contributed by atoms with E-state index in [0.29, 0.717) is 17.9 Å². The van der Waals surface area contributed by atoms with E-state index in [0.717, 1.165) is 19.3 Å². The lowest BCUT2D eigenvalue weighted by atomic mass is 10.2. The molecule has 5 nitrogen and oxygen atoms in total. The molecule has 1 amide bonds. The predicted molar refractivity (Wildman–Crippen MR) is 65.1 cm³/mol. The highest BCUT2D eigenvalue weighted by Crippen LogP contribution is 2.14. The third kappa shape index (κ3) is 3.45. The van der Waals surface area contributed by atoms with Gasteiger partial charge in [-0.3, -0.25) is 4.79 Å². The standard InChI is InChI=1S/C13H17NO4/c1-16-11-7-5-10(6-8-11)13(15)14-18-12-4-2-3-9-17-12/h5-8,12H,2-4,9H2,1H3,(H,14,15)/t12-/m0/s1. The zero-order chi connectivity index (χ0) is 12.8. The molecule has 1 saturated heterocycles. The molecular weight excluding hydrogens is 234 g/mol. The van der Waals surface area contributed by atoms with Gasteiger partial charge in [0.1, 0.15) is 5.75 Å². The van der Waals surface area contributed by atoms with Crippen molar-refractivity contribution < 1.29 is 19.1 Å². The summed E-state index contributed by atoms with van der Waals surface area (Å²) in [4.78, 5) is 17.0.